The Hall–Kier alpha value is -1.82. The van der Waals surface area contributed by atoms with Crippen LogP contribution in [0.5, 0.6) is 5.75 Å². The van der Waals surface area contributed by atoms with E-state index in [4.69, 9.17) is 9.47 Å². The van der Waals surface area contributed by atoms with Crippen molar-refractivity contribution in [2.24, 2.45) is 5.92 Å². The molecular weight excluding hydrogens is 299 g/mol. The van der Waals surface area contributed by atoms with Gasteiger partial charge in [-0.05, 0) is 38.0 Å². The number of hydrogen-bond acceptors (Lipinski definition) is 3. The van der Waals surface area contributed by atoms with E-state index < -0.39 is 5.82 Å². The molecule has 1 aromatic rings. The summed E-state index contributed by atoms with van der Waals surface area (Å²) in [5.41, 5.74) is 0.710. The number of ether oxygens (including phenoxy) is 2. The average Bonchev–Trinajstić information content (AvgIpc) is 3.01. The lowest BCUT2D eigenvalue weighted by molar-refractivity contribution is 0.113. The molecule has 0 aliphatic carbocycles. The summed E-state index contributed by atoms with van der Waals surface area (Å²) in [5.74, 6) is 0.170. The minimum atomic E-state index is -0.427. The largest absolute Gasteiger partial charge is 0.494 e. The Balaban J connectivity index is 1.89. The van der Waals surface area contributed by atoms with Gasteiger partial charge >= 0.3 is 6.03 Å². The van der Waals surface area contributed by atoms with Gasteiger partial charge < -0.3 is 19.7 Å². The topological polar surface area (TPSA) is 50.8 Å². The minimum absolute atomic E-state index is 0.118. The first kappa shape index (κ1) is 17.5. The van der Waals surface area contributed by atoms with Crippen molar-refractivity contribution in [3.63, 3.8) is 0 Å². The number of nitrogens with zero attached hydrogens (tertiary/aromatic N) is 1. The lowest BCUT2D eigenvalue weighted by atomic mass is 10.1. The van der Waals surface area contributed by atoms with E-state index in [-0.39, 0.29) is 17.8 Å². The van der Waals surface area contributed by atoms with Gasteiger partial charge in [-0.15, -0.1) is 0 Å². The molecule has 1 aliphatic rings. The number of urea groups is 1. The van der Waals surface area contributed by atoms with Gasteiger partial charge in [0, 0.05) is 25.6 Å². The van der Waals surface area contributed by atoms with Crippen molar-refractivity contribution >= 4 is 6.03 Å². The summed E-state index contributed by atoms with van der Waals surface area (Å²) in [6.07, 6.45) is 0.957. The van der Waals surface area contributed by atoms with Crippen molar-refractivity contribution < 1.29 is 18.7 Å². The summed E-state index contributed by atoms with van der Waals surface area (Å²) in [6, 6.07) is 4.34. The molecule has 2 unspecified atom stereocenters. The van der Waals surface area contributed by atoms with E-state index in [0.29, 0.717) is 31.2 Å². The van der Waals surface area contributed by atoms with Gasteiger partial charge in [0.2, 0.25) is 0 Å². The Morgan fingerprint density at radius 3 is 2.96 bits per heavy atom. The Morgan fingerprint density at radius 2 is 2.30 bits per heavy atom. The number of carbonyl (C=O) groups is 1. The van der Waals surface area contributed by atoms with Crippen LogP contribution in [0, 0.1) is 11.7 Å². The maximum Gasteiger partial charge on any atom is 0.317 e. The zero-order valence-electron chi connectivity index (χ0n) is 14.0. The molecule has 0 saturated carbocycles. The second kappa shape index (κ2) is 8.15. The van der Waals surface area contributed by atoms with Gasteiger partial charge in [-0.2, -0.15) is 0 Å². The van der Waals surface area contributed by atoms with Gasteiger partial charge in [0.1, 0.15) is 0 Å². The Bertz CT molecular complexity index is 539. The highest BCUT2D eigenvalue weighted by molar-refractivity contribution is 5.75. The van der Waals surface area contributed by atoms with Crippen molar-refractivity contribution in [3.05, 3.63) is 29.6 Å². The number of likely N-dealkylation sites (tertiary alicyclic amines) is 1. The second-order valence-electron chi connectivity index (χ2n) is 5.83. The fourth-order valence-electron chi connectivity index (χ4n) is 2.75. The normalized spacial score (nSPS) is 18.8. The van der Waals surface area contributed by atoms with Crippen molar-refractivity contribution in [3.8, 4) is 5.75 Å². The molecule has 2 atom stereocenters. The molecule has 5 nitrogen and oxygen atoms in total. The molecular formula is C17H25FN2O3. The van der Waals surface area contributed by atoms with E-state index in [1.807, 2.05) is 13.8 Å². The van der Waals surface area contributed by atoms with E-state index in [0.717, 1.165) is 13.0 Å². The third-order valence-electron chi connectivity index (χ3n) is 4.15. The molecule has 23 heavy (non-hydrogen) atoms. The molecule has 0 bridgehead atoms. The molecule has 128 valence electrons. The van der Waals surface area contributed by atoms with Gasteiger partial charge in [0.25, 0.3) is 0 Å². The molecule has 0 spiro atoms. The van der Waals surface area contributed by atoms with E-state index in [1.165, 1.54) is 13.2 Å². The quantitative estimate of drug-likeness (QED) is 0.875. The van der Waals surface area contributed by atoms with Gasteiger partial charge in [-0.3, -0.25) is 0 Å². The zero-order valence-corrected chi connectivity index (χ0v) is 14.0. The third-order valence-corrected chi connectivity index (χ3v) is 4.15. The zero-order chi connectivity index (χ0) is 16.8. The van der Waals surface area contributed by atoms with Gasteiger partial charge in [0.05, 0.1) is 19.8 Å². The van der Waals surface area contributed by atoms with Crippen molar-refractivity contribution in [2.75, 3.05) is 33.4 Å². The summed E-state index contributed by atoms with van der Waals surface area (Å²) in [5, 5.41) is 2.92. The van der Waals surface area contributed by atoms with Crippen molar-refractivity contribution in [1.29, 1.82) is 0 Å². The van der Waals surface area contributed by atoms with Gasteiger partial charge in [0.15, 0.2) is 11.6 Å². The molecule has 0 aromatic heterocycles. The number of methoxy groups -OCH3 is 1. The van der Waals surface area contributed by atoms with Crippen LogP contribution in [0.25, 0.3) is 0 Å². The summed E-state index contributed by atoms with van der Waals surface area (Å²) in [7, 11) is 1.43. The second-order valence-corrected chi connectivity index (χ2v) is 5.83. The van der Waals surface area contributed by atoms with Crippen LogP contribution < -0.4 is 10.1 Å². The monoisotopic (exact) mass is 324 g/mol. The number of halogens is 1. The van der Waals surface area contributed by atoms with Crippen LogP contribution in [0.1, 0.15) is 31.9 Å². The van der Waals surface area contributed by atoms with E-state index in [9.17, 15) is 9.18 Å². The van der Waals surface area contributed by atoms with Crippen LogP contribution in [0.15, 0.2) is 18.2 Å². The molecule has 2 rings (SSSR count). The number of hydrogen-bond donors (Lipinski definition) is 1. The van der Waals surface area contributed by atoms with E-state index in [1.54, 1.807) is 17.0 Å². The summed E-state index contributed by atoms with van der Waals surface area (Å²) in [6.45, 7) is 6.63. The molecule has 6 heteroatoms. The van der Waals surface area contributed by atoms with Crippen molar-refractivity contribution in [1.82, 2.24) is 10.2 Å². The predicted octanol–water partition coefficient (Wildman–Crippen LogP) is 2.96. The molecule has 1 fully saturated rings. The van der Waals surface area contributed by atoms with Gasteiger partial charge in [-0.1, -0.05) is 6.07 Å². The van der Waals surface area contributed by atoms with Crippen LogP contribution >= 0.6 is 0 Å². The fraction of sp³-hybridized carbons (Fsp3) is 0.588. The number of nitrogens with one attached hydrogen (secondary N) is 1. The van der Waals surface area contributed by atoms with Crippen LogP contribution in [-0.4, -0.2) is 44.3 Å². The number of rotatable bonds is 6. The lowest BCUT2D eigenvalue weighted by Gasteiger charge is -2.21. The Labute approximate surface area is 136 Å². The molecule has 1 N–H and O–H groups in total. The first-order chi connectivity index (χ1) is 11.0. The molecule has 2 amide bonds. The maximum atomic E-state index is 13.8. The van der Waals surface area contributed by atoms with E-state index in [2.05, 4.69) is 5.32 Å². The first-order valence-electron chi connectivity index (χ1n) is 8.01. The third kappa shape index (κ3) is 4.58. The lowest BCUT2D eigenvalue weighted by Crippen LogP contribution is -2.39. The SMILES string of the molecule is CCOCC1CCN(C(=O)NC(C)c2ccc(OC)c(F)c2)C1. The Morgan fingerprint density at radius 1 is 1.52 bits per heavy atom. The maximum absolute atomic E-state index is 13.8. The molecule has 1 saturated heterocycles. The smallest absolute Gasteiger partial charge is 0.317 e. The fourth-order valence-corrected chi connectivity index (χ4v) is 2.75. The molecule has 1 heterocycles. The average molecular weight is 324 g/mol. The Kier molecular flexibility index (Phi) is 6.21. The predicted molar refractivity (Wildman–Crippen MR) is 86.1 cm³/mol. The molecule has 1 aromatic carbocycles. The number of amides is 2. The highest BCUT2D eigenvalue weighted by Crippen LogP contribution is 2.22. The number of benzene rings is 1. The number of carbonyl (C=O) groups excluding carboxylic acids is 1. The molecule has 0 radical (unpaired) electrons. The molecule has 1 aliphatic heterocycles. The summed E-state index contributed by atoms with van der Waals surface area (Å²) in [4.78, 5) is 14.1. The van der Waals surface area contributed by atoms with Crippen molar-refractivity contribution in [2.45, 2.75) is 26.3 Å². The van der Waals surface area contributed by atoms with Crippen LogP contribution in [0.2, 0.25) is 0 Å². The highest BCUT2D eigenvalue weighted by Gasteiger charge is 2.27. The van der Waals surface area contributed by atoms with E-state index >= 15 is 0 Å². The van der Waals surface area contributed by atoms with Crippen LogP contribution in [0.4, 0.5) is 9.18 Å². The van der Waals surface area contributed by atoms with Crippen LogP contribution in [0.3, 0.4) is 0 Å². The first-order valence-corrected chi connectivity index (χ1v) is 8.01. The standard InChI is InChI=1S/C17H25FN2O3/c1-4-23-11-13-7-8-20(10-13)17(21)19-12(2)14-5-6-16(22-3)15(18)9-14/h5-6,9,12-13H,4,7-8,10-11H2,1-3H3,(H,19,21). The highest BCUT2D eigenvalue weighted by atomic mass is 19.1. The minimum Gasteiger partial charge on any atom is -0.494 e. The summed E-state index contributed by atoms with van der Waals surface area (Å²) < 4.78 is 24.1. The van der Waals surface area contributed by atoms with Gasteiger partial charge in [-0.25, -0.2) is 9.18 Å². The summed E-state index contributed by atoms with van der Waals surface area (Å²) >= 11 is 0. The van der Waals surface area contributed by atoms with Crippen LogP contribution in [-0.2, 0) is 4.74 Å².